The predicted octanol–water partition coefficient (Wildman–Crippen LogP) is 2.04. The van der Waals surface area contributed by atoms with E-state index in [1.807, 2.05) is 0 Å². The van der Waals surface area contributed by atoms with Crippen LogP contribution < -0.4 is 11.1 Å². The quantitative estimate of drug-likeness (QED) is 0.721. The molecular weight excluding hydrogens is 238 g/mol. The fourth-order valence-electron chi connectivity index (χ4n) is 1.39. The number of carboxylic acid groups (broad SMARTS) is 1. The smallest absolute Gasteiger partial charge is 0.337 e. The van der Waals surface area contributed by atoms with Crippen LogP contribution in [0.4, 0.5) is 11.4 Å². The Morgan fingerprint density at radius 3 is 2.94 bits per heavy atom. The molecule has 5 nitrogen and oxygen atoms in total. The zero-order valence-electron chi connectivity index (χ0n) is 8.88. The number of nitrogens with two attached hydrogens (primary N) is 1. The molecule has 0 saturated carbocycles. The average Bonchev–Trinajstić information content (AvgIpc) is 2.78. The summed E-state index contributed by atoms with van der Waals surface area (Å²) in [6, 6.07) is 4.80. The number of nitrogens with zero attached hydrogens (tertiary/aromatic N) is 1. The van der Waals surface area contributed by atoms with Crippen molar-refractivity contribution in [3.8, 4) is 0 Å². The van der Waals surface area contributed by atoms with Gasteiger partial charge in [-0.2, -0.15) is 0 Å². The third-order valence-electron chi connectivity index (χ3n) is 2.23. The van der Waals surface area contributed by atoms with Crippen molar-refractivity contribution in [2.75, 3.05) is 11.1 Å². The lowest BCUT2D eigenvalue weighted by Crippen LogP contribution is -2.04. The molecule has 0 fully saturated rings. The molecule has 0 spiro atoms. The second-order valence-corrected chi connectivity index (χ2v) is 4.40. The highest BCUT2D eigenvalue weighted by molar-refractivity contribution is 7.09. The van der Waals surface area contributed by atoms with E-state index >= 15 is 0 Å². The second kappa shape index (κ2) is 4.84. The van der Waals surface area contributed by atoms with Crippen LogP contribution >= 0.6 is 11.3 Å². The average molecular weight is 249 g/mol. The summed E-state index contributed by atoms with van der Waals surface area (Å²) >= 11 is 1.56. The summed E-state index contributed by atoms with van der Waals surface area (Å²) in [4.78, 5) is 15.8. The number of nitrogens with one attached hydrogen (secondary N) is 1. The number of hydrogen-bond acceptors (Lipinski definition) is 5. The summed E-state index contributed by atoms with van der Waals surface area (Å²) in [5, 5.41) is 12.0. The van der Waals surface area contributed by atoms with Crippen LogP contribution in [-0.2, 0) is 6.54 Å². The van der Waals surface area contributed by atoms with Gasteiger partial charge in [0.25, 0.3) is 0 Å². The molecule has 1 aromatic heterocycles. The number of nitrogen functional groups attached to an aromatic ring is 1. The van der Waals surface area contributed by atoms with Gasteiger partial charge in [0, 0.05) is 22.4 Å². The minimum absolute atomic E-state index is 0.119. The molecular formula is C11H11N3O2S. The maximum absolute atomic E-state index is 10.8. The molecule has 88 valence electrons. The minimum Gasteiger partial charge on any atom is -0.478 e. The van der Waals surface area contributed by atoms with E-state index in [0.29, 0.717) is 6.54 Å². The van der Waals surface area contributed by atoms with Crippen LogP contribution in [-0.4, -0.2) is 16.1 Å². The summed E-state index contributed by atoms with van der Waals surface area (Å²) in [5.41, 5.74) is 8.57. The Kier molecular flexibility index (Phi) is 3.24. The van der Waals surface area contributed by atoms with Crippen molar-refractivity contribution in [1.29, 1.82) is 0 Å². The van der Waals surface area contributed by atoms with E-state index in [1.165, 1.54) is 6.07 Å². The maximum Gasteiger partial charge on any atom is 0.337 e. The first-order valence-corrected chi connectivity index (χ1v) is 5.79. The molecule has 0 radical (unpaired) electrons. The van der Waals surface area contributed by atoms with Gasteiger partial charge in [-0.3, -0.25) is 4.98 Å². The molecule has 2 rings (SSSR count). The number of anilines is 2. The van der Waals surface area contributed by atoms with Crippen LogP contribution in [0.25, 0.3) is 0 Å². The van der Waals surface area contributed by atoms with Gasteiger partial charge < -0.3 is 16.2 Å². The van der Waals surface area contributed by atoms with E-state index in [1.54, 1.807) is 35.2 Å². The van der Waals surface area contributed by atoms with Crippen molar-refractivity contribution in [3.05, 3.63) is 40.3 Å². The summed E-state index contributed by atoms with van der Waals surface area (Å²) in [7, 11) is 0. The van der Waals surface area contributed by atoms with Gasteiger partial charge in [0.05, 0.1) is 17.6 Å². The van der Waals surface area contributed by atoms with Crippen LogP contribution in [0.15, 0.2) is 29.9 Å². The van der Waals surface area contributed by atoms with Gasteiger partial charge in [-0.1, -0.05) is 0 Å². The van der Waals surface area contributed by atoms with Crippen molar-refractivity contribution < 1.29 is 9.90 Å². The number of thiazole rings is 1. The minimum atomic E-state index is -1.02. The molecule has 0 aliphatic heterocycles. The van der Waals surface area contributed by atoms with Gasteiger partial charge in [-0.25, -0.2) is 4.79 Å². The normalized spacial score (nSPS) is 10.1. The monoisotopic (exact) mass is 249 g/mol. The number of hydrogen-bond donors (Lipinski definition) is 3. The van der Waals surface area contributed by atoms with Crippen LogP contribution in [0.5, 0.6) is 0 Å². The molecule has 0 amide bonds. The molecule has 6 heteroatoms. The molecule has 1 heterocycles. The third kappa shape index (κ3) is 2.73. The number of carbonyl (C=O) groups is 1. The summed E-state index contributed by atoms with van der Waals surface area (Å²) in [6.07, 6.45) is 1.78. The lowest BCUT2D eigenvalue weighted by Gasteiger charge is -2.07. The first kappa shape index (κ1) is 11.4. The number of carboxylic acids is 1. The van der Waals surface area contributed by atoms with Gasteiger partial charge >= 0.3 is 5.97 Å². The predicted molar refractivity (Wildman–Crippen MR) is 67.3 cm³/mol. The highest BCUT2D eigenvalue weighted by atomic mass is 32.1. The van der Waals surface area contributed by atoms with Gasteiger partial charge in [0.2, 0.25) is 0 Å². The molecule has 0 atom stereocenters. The van der Waals surface area contributed by atoms with Crippen LogP contribution in [0.1, 0.15) is 15.2 Å². The van der Waals surface area contributed by atoms with Gasteiger partial charge in [-0.05, 0) is 18.2 Å². The Morgan fingerprint density at radius 1 is 1.53 bits per heavy atom. The Hall–Kier alpha value is -2.08. The maximum atomic E-state index is 10.8. The molecule has 17 heavy (non-hydrogen) atoms. The largest absolute Gasteiger partial charge is 0.478 e. The second-order valence-electron chi connectivity index (χ2n) is 3.43. The number of benzene rings is 1. The van der Waals surface area contributed by atoms with E-state index in [0.717, 1.165) is 10.6 Å². The summed E-state index contributed by atoms with van der Waals surface area (Å²) in [6.45, 7) is 0.649. The zero-order chi connectivity index (χ0) is 12.3. The van der Waals surface area contributed by atoms with Gasteiger partial charge in [0.1, 0.15) is 0 Å². The van der Waals surface area contributed by atoms with E-state index < -0.39 is 5.97 Å². The van der Waals surface area contributed by atoms with Crippen molar-refractivity contribution in [1.82, 2.24) is 4.98 Å². The summed E-state index contributed by atoms with van der Waals surface area (Å²) in [5.74, 6) is -1.02. The topological polar surface area (TPSA) is 88.2 Å². The number of aromatic carboxylic acids is 1. The van der Waals surface area contributed by atoms with E-state index in [-0.39, 0.29) is 11.3 Å². The molecule has 0 saturated heterocycles. The molecule has 0 aliphatic carbocycles. The molecule has 1 aromatic carbocycles. The highest BCUT2D eigenvalue weighted by Gasteiger charge is 2.07. The van der Waals surface area contributed by atoms with Crippen LogP contribution in [0.2, 0.25) is 0 Å². The van der Waals surface area contributed by atoms with Crippen molar-refractivity contribution in [2.24, 2.45) is 0 Å². The lowest BCUT2D eigenvalue weighted by molar-refractivity contribution is 0.0698. The molecule has 0 unspecified atom stereocenters. The third-order valence-corrected chi connectivity index (χ3v) is 3.01. The first-order chi connectivity index (χ1) is 8.16. The number of rotatable bonds is 4. The number of aromatic nitrogens is 1. The molecule has 2 aromatic rings. The molecule has 4 N–H and O–H groups in total. The van der Waals surface area contributed by atoms with Gasteiger partial charge in [0.15, 0.2) is 0 Å². The van der Waals surface area contributed by atoms with E-state index in [9.17, 15) is 4.79 Å². The lowest BCUT2D eigenvalue weighted by atomic mass is 10.1. The Bertz CT molecular complexity index is 526. The SMILES string of the molecule is Nc1cc(NCc2cncs2)ccc1C(=O)O. The molecule has 0 bridgehead atoms. The highest BCUT2D eigenvalue weighted by Crippen LogP contribution is 2.19. The van der Waals surface area contributed by atoms with Crippen molar-refractivity contribution in [3.63, 3.8) is 0 Å². The van der Waals surface area contributed by atoms with Crippen LogP contribution in [0, 0.1) is 0 Å². The first-order valence-electron chi connectivity index (χ1n) is 4.91. The molecule has 0 aliphatic rings. The zero-order valence-corrected chi connectivity index (χ0v) is 9.70. The Labute approximate surface area is 102 Å². The van der Waals surface area contributed by atoms with Crippen molar-refractivity contribution in [2.45, 2.75) is 6.54 Å². The Morgan fingerprint density at radius 2 is 2.35 bits per heavy atom. The standard InChI is InChI=1S/C11H11N3O2S/c12-10-3-7(1-2-9(10)11(15)16)14-5-8-4-13-6-17-8/h1-4,6,14H,5,12H2,(H,15,16). The fraction of sp³-hybridized carbons (Fsp3) is 0.0909. The summed E-state index contributed by atoms with van der Waals surface area (Å²) < 4.78 is 0. The van der Waals surface area contributed by atoms with E-state index in [2.05, 4.69) is 10.3 Å². The van der Waals surface area contributed by atoms with Crippen LogP contribution in [0.3, 0.4) is 0 Å². The van der Waals surface area contributed by atoms with Gasteiger partial charge in [-0.15, -0.1) is 11.3 Å². The fourth-order valence-corrected chi connectivity index (χ4v) is 1.92. The van der Waals surface area contributed by atoms with E-state index in [4.69, 9.17) is 10.8 Å². The Balaban J connectivity index is 2.07. The van der Waals surface area contributed by atoms with Crippen molar-refractivity contribution >= 4 is 28.7 Å².